The van der Waals surface area contributed by atoms with Crippen LogP contribution in [0.1, 0.15) is 29.2 Å². The predicted octanol–water partition coefficient (Wildman–Crippen LogP) is 9.26. The van der Waals surface area contributed by atoms with Crippen LogP contribution in [-0.4, -0.2) is 0 Å². The molecule has 0 aliphatic heterocycles. The zero-order valence-corrected chi connectivity index (χ0v) is 20.5. The number of furan rings is 1. The molecule has 0 radical (unpaired) electrons. The van der Waals surface area contributed by atoms with E-state index in [2.05, 4.69) is 95.3 Å². The van der Waals surface area contributed by atoms with Crippen LogP contribution in [0, 0.1) is 0 Å². The summed E-state index contributed by atoms with van der Waals surface area (Å²) in [6.07, 6.45) is 12.2. The van der Waals surface area contributed by atoms with Crippen molar-refractivity contribution >= 4 is 49.0 Å². The molecule has 4 aromatic rings. The highest BCUT2D eigenvalue weighted by atomic mass is 79.9. The van der Waals surface area contributed by atoms with Crippen molar-refractivity contribution in [2.75, 3.05) is 0 Å². The van der Waals surface area contributed by atoms with Gasteiger partial charge < -0.3 is 4.42 Å². The van der Waals surface area contributed by atoms with Gasteiger partial charge in [0.15, 0.2) is 0 Å². The summed E-state index contributed by atoms with van der Waals surface area (Å²) >= 11 is 4.06. The first-order valence-electron chi connectivity index (χ1n) is 11.4. The molecule has 1 unspecified atom stereocenters. The summed E-state index contributed by atoms with van der Waals surface area (Å²) in [6, 6.07) is 21.3. The molecule has 3 aromatic carbocycles. The number of halogens is 1. The zero-order valence-electron chi connectivity index (χ0n) is 18.9. The van der Waals surface area contributed by atoms with Crippen molar-refractivity contribution in [1.82, 2.24) is 0 Å². The number of hydrogen-bond donors (Lipinski definition) is 0. The van der Waals surface area contributed by atoms with Crippen molar-refractivity contribution in [2.45, 2.75) is 12.3 Å². The third kappa shape index (κ3) is 2.55. The number of rotatable bonds is 3. The topological polar surface area (TPSA) is 13.1 Å². The number of benzene rings is 3. The highest BCUT2D eigenvalue weighted by Gasteiger charge is 2.53. The van der Waals surface area contributed by atoms with Crippen LogP contribution in [0.4, 0.5) is 0 Å². The maximum atomic E-state index is 6.51. The second-order valence-electron chi connectivity index (χ2n) is 8.67. The van der Waals surface area contributed by atoms with Gasteiger partial charge in [0.1, 0.15) is 11.2 Å². The number of allylic oxidation sites excluding steroid dienone is 10. The molecular formula is C32H23BrO. The summed E-state index contributed by atoms with van der Waals surface area (Å²) in [5.74, 6) is 0. The minimum Gasteiger partial charge on any atom is -0.455 e. The van der Waals surface area contributed by atoms with E-state index in [1.165, 1.54) is 16.7 Å². The average Bonchev–Trinajstić information content (AvgIpc) is 3.44. The van der Waals surface area contributed by atoms with Gasteiger partial charge in [0.25, 0.3) is 0 Å². The number of para-hydroxylation sites is 1. The Labute approximate surface area is 207 Å². The third-order valence-corrected chi connectivity index (χ3v) is 8.06. The maximum Gasteiger partial charge on any atom is 0.143 e. The standard InChI is InChI=1S/C32H23BrO/c1-4-6-12-21-20(3)32(26-16-10-8-14-22(26)25(31(32)33)13-7-5-2)27-19-18-24-23-15-9-11-17-28(23)34-30(24)29(21)27/h4-19H,2-3H2,1H3/b6-4-,13-7-,21-12+. The van der Waals surface area contributed by atoms with Gasteiger partial charge in [-0.3, -0.25) is 0 Å². The van der Waals surface area contributed by atoms with Gasteiger partial charge in [-0.05, 0) is 46.4 Å². The minimum atomic E-state index is -0.507. The minimum absolute atomic E-state index is 0.507. The van der Waals surface area contributed by atoms with E-state index < -0.39 is 5.41 Å². The lowest BCUT2D eigenvalue weighted by Crippen LogP contribution is -2.24. The molecule has 1 aromatic heterocycles. The second kappa shape index (κ2) is 7.72. The monoisotopic (exact) mass is 502 g/mol. The lowest BCUT2D eigenvalue weighted by molar-refractivity contribution is 0.666. The van der Waals surface area contributed by atoms with E-state index in [-0.39, 0.29) is 0 Å². The van der Waals surface area contributed by atoms with E-state index in [4.69, 9.17) is 11.0 Å². The van der Waals surface area contributed by atoms with Gasteiger partial charge in [-0.2, -0.15) is 0 Å². The smallest absolute Gasteiger partial charge is 0.143 e. The summed E-state index contributed by atoms with van der Waals surface area (Å²) in [4.78, 5) is 0. The summed E-state index contributed by atoms with van der Waals surface area (Å²) in [7, 11) is 0. The van der Waals surface area contributed by atoms with Gasteiger partial charge in [-0.15, -0.1) is 0 Å². The van der Waals surface area contributed by atoms with Crippen LogP contribution in [0.3, 0.4) is 0 Å². The van der Waals surface area contributed by atoms with Crippen molar-refractivity contribution in [1.29, 1.82) is 0 Å². The predicted molar refractivity (Wildman–Crippen MR) is 148 cm³/mol. The largest absolute Gasteiger partial charge is 0.455 e. The first-order chi connectivity index (χ1) is 16.6. The lowest BCUT2D eigenvalue weighted by atomic mass is 9.74. The van der Waals surface area contributed by atoms with Crippen LogP contribution >= 0.6 is 15.9 Å². The van der Waals surface area contributed by atoms with E-state index in [1.807, 2.05) is 31.2 Å². The van der Waals surface area contributed by atoms with E-state index in [9.17, 15) is 0 Å². The van der Waals surface area contributed by atoms with Crippen LogP contribution in [0.5, 0.6) is 0 Å². The van der Waals surface area contributed by atoms with Crippen LogP contribution in [0.25, 0.3) is 33.1 Å². The molecule has 0 saturated heterocycles. The fourth-order valence-electron chi connectivity index (χ4n) is 5.63. The summed E-state index contributed by atoms with van der Waals surface area (Å²) in [5.41, 5.74) is 9.38. The van der Waals surface area contributed by atoms with Gasteiger partial charge >= 0.3 is 0 Å². The van der Waals surface area contributed by atoms with Crippen LogP contribution in [-0.2, 0) is 5.41 Å². The van der Waals surface area contributed by atoms with Crippen molar-refractivity contribution in [3.05, 3.63) is 143 Å². The maximum absolute atomic E-state index is 6.51. The number of hydrogen-bond acceptors (Lipinski definition) is 1. The van der Waals surface area contributed by atoms with Gasteiger partial charge in [-0.25, -0.2) is 0 Å². The fraction of sp³-hybridized carbons (Fsp3) is 0.0625. The van der Waals surface area contributed by atoms with Crippen LogP contribution < -0.4 is 0 Å². The van der Waals surface area contributed by atoms with Gasteiger partial charge in [0, 0.05) is 20.8 Å². The van der Waals surface area contributed by atoms with Crippen molar-refractivity contribution in [2.24, 2.45) is 0 Å². The molecule has 2 aliphatic carbocycles. The molecule has 0 fully saturated rings. The van der Waals surface area contributed by atoms with Crippen molar-refractivity contribution in [3.63, 3.8) is 0 Å². The average molecular weight is 503 g/mol. The number of fused-ring (bicyclic) bond motifs is 8. The first-order valence-corrected chi connectivity index (χ1v) is 12.2. The van der Waals surface area contributed by atoms with E-state index in [0.29, 0.717) is 0 Å². The summed E-state index contributed by atoms with van der Waals surface area (Å²) in [6.45, 7) is 10.6. The zero-order chi connectivity index (χ0) is 23.4. The summed E-state index contributed by atoms with van der Waals surface area (Å²) in [5, 5.41) is 2.26. The molecular weight excluding hydrogens is 480 g/mol. The van der Waals surface area contributed by atoms with E-state index in [1.54, 1.807) is 0 Å². The molecule has 0 saturated carbocycles. The molecule has 2 heteroatoms. The Morgan fingerprint density at radius 3 is 2.53 bits per heavy atom. The molecule has 1 spiro atoms. The summed E-state index contributed by atoms with van der Waals surface area (Å²) < 4.78 is 7.61. The molecule has 34 heavy (non-hydrogen) atoms. The molecule has 0 bridgehead atoms. The highest BCUT2D eigenvalue weighted by Crippen LogP contribution is 2.65. The highest BCUT2D eigenvalue weighted by molar-refractivity contribution is 9.12. The molecule has 6 rings (SSSR count). The van der Waals surface area contributed by atoms with E-state index >= 15 is 0 Å². The van der Waals surface area contributed by atoms with E-state index in [0.717, 1.165) is 48.7 Å². The molecule has 2 aliphatic rings. The molecule has 1 heterocycles. The quantitative estimate of drug-likeness (QED) is 0.254. The Morgan fingerprint density at radius 1 is 0.912 bits per heavy atom. The lowest BCUT2D eigenvalue weighted by Gasteiger charge is -2.29. The molecule has 1 nitrogen and oxygen atoms in total. The van der Waals surface area contributed by atoms with Gasteiger partial charge in [0.05, 0.1) is 5.41 Å². The Kier molecular flexibility index (Phi) is 4.75. The van der Waals surface area contributed by atoms with Gasteiger partial charge in [0.2, 0.25) is 0 Å². The Bertz CT molecular complexity index is 1650. The normalized spacial score (nSPS) is 20.6. The molecule has 1 atom stereocenters. The third-order valence-electron chi connectivity index (χ3n) is 7.04. The first kappa shape index (κ1) is 20.9. The Balaban J connectivity index is 1.79. The molecule has 0 N–H and O–H groups in total. The second-order valence-corrected chi connectivity index (χ2v) is 9.46. The molecule has 0 amide bonds. The Hall–Kier alpha value is -3.62. The van der Waals surface area contributed by atoms with Crippen molar-refractivity contribution in [3.8, 4) is 0 Å². The van der Waals surface area contributed by atoms with Crippen LogP contribution in [0.2, 0.25) is 0 Å². The fourth-order valence-corrected chi connectivity index (χ4v) is 6.64. The van der Waals surface area contributed by atoms with Crippen LogP contribution in [0.15, 0.2) is 125 Å². The van der Waals surface area contributed by atoms with Crippen molar-refractivity contribution < 1.29 is 4.42 Å². The van der Waals surface area contributed by atoms with Gasteiger partial charge in [-0.1, -0.05) is 120 Å². The SMILES string of the molecule is C=C/C=C\C1=C(Br)C2(C(=C)/C(=C\C=C/C)c3c2ccc2c3oc3ccccc32)c2ccccc21. The molecule has 164 valence electrons. The Morgan fingerprint density at radius 2 is 1.71 bits per heavy atom.